The van der Waals surface area contributed by atoms with Gasteiger partial charge >= 0.3 is 0 Å². The van der Waals surface area contributed by atoms with E-state index in [9.17, 15) is 14.9 Å². The summed E-state index contributed by atoms with van der Waals surface area (Å²) in [6, 6.07) is 18.7. The minimum absolute atomic E-state index is 0.0239. The van der Waals surface area contributed by atoms with Crippen LogP contribution in [0.25, 0.3) is 0 Å². The first-order chi connectivity index (χ1) is 14.4. The van der Waals surface area contributed by atoms with E-state index in [1.54, 1.807) is 24.3 Å². The van der Waals surface area contributed by atoms with Crippen molar-refractivity contribution in [2.24, 2.45) is 5.10 Å². The smallest absolute Gasteiger partial charge is 0.272 e. The molecule has 0 bridgehead atoms. The van der Waals surface area contributed by atoms with Gasteiger partial charge in [0.2, 0.25) is 0 Å². The van der Waals surface area contributed by atoms with Crippen LogP contribution < -0.4 is 10.2 Å². The van der Waals surface area contributed by atoms with Gasteiger partial charge in [-0.05, 0) is 53.6 Å². The van der Waals surface area contributed by atoms with Gasteiger partial charge in [0.1, 0.15) is 12.4 Å². The summed E-state index contributed by atoms with van der Waals surface area (Å²) in [5.41, 5.74) is 4.05. The number of non-ortho nitro benzene ring substituents is 1. The molecule has 9 heteroatoms. The van der Waals surface area contributed by atoms with E-state index in [0.717, 1.165) is 21.7 Å². The van der Waals surface area contributed by atoms with Crippen LogP contribution in [0.5, 0.6) is 5.75 Å². The largest absolute Gasteiger partial charge is 0.489 e. The molecular formula is C21H15BrClN3O4. The lowest BCUT2D eigenvalue weighted by atomic mass is 10.2. The molecule has 3 rings (SSSR count). The first-order valence-electron chi connectivity index (χ1n) is 8.67. The molecule has 3 aromatic rings. The molecule has 0 aliphatic heterocycles. The lowest BCUT2D eigenvalue weighted by Gasteiger charge is -2.06. The molecule has 0 aliphatic rings. The second kappa shape index (κ2) is 10.00. The van der Waals surface area contributed by atoms with Gasteiger partial charge in [-0.2, -0.15) is 5.10 Å². The van der Waals surface area contributed by atoms with E-state index in [4.69, 9.17) is 16.3 Å². The van der Waals surface area contributed by atoms with Crippen molar-refractivity contribution in [1.82, 2.24) is 5.43 Å². The first-order valence-corrected chi connectivity index (χ1v) is 9.84. The number of halogens is 2. The van der Waals surface area contributed by atoms with E-state index in [1.165, 1.54) is 18.3 Å². The number of ether oxygens (including phenoxy) is 1. The Morgan fingerprint density at radius 1 is 1.13 bits per heavy atom. The molecule has 0 fully saturated rings. The Kier molecular flexibility index (Phi) is 7.16. The summed E-state index contributed by atoms with van der Waals surface area (Å²) in [5.74, 6) is 0.136. The Morgan fingerprint density at radius 3 is 2.47 bits per heavy atom. The quantitative estimate of drug-likeness (QED) is 0.275. The number of benzene rings is 3. The Balaban J connectivity index is 1.54. The maximum atomic E-state index is 12.1. The van der Waals surface area contributed by atoms with Crippen LogP contribution in [0.1, 0.15) is 21.5 Å². The summed E-state index contributed by atoms with van der Waals surface area (Å²) in [6.07, 6.45) is 1.47. The predicted octanol–water partition coefficient (Wildman–Crippen LogP) is 5.35. The maximum Gasteiger partial charge on any atom is 0.272 e. The molecule has 152 valence electrons. The highest BCUT2D eigenvalue weighted by Crippen LogP contribution is 2.22. The Bertz CT molecular complexity index is 1090. The monoisotopic (exact) mass is 487 g/mol. The summed E-state index contributed by atoms with van der Waals surface area (Å²) >= 11 is 9.32. The molecule has 7 nitrogen and oxygen atoms in total. The Hall–Kier alpha value is -3.23. The number of nitrogens with one attached hydrogen (secondary N) is 1. The standard InChI is InChI=1S/C21H15BrClN3O4/c22-16-5-1-15(2-6-16)13-30-18-8-3-14(4-9-18)12-24-25-21(27)19-10-7-17(26(28)29)11-20(19)23/h1-12H,13H2,(H,25,27). The van der Waals surface area contributed by atoms with Crippen LogP contribution in [0.15, 0.2) is 76.3 Å². The topological polar surface area (TPSA) is 93.8 Å². The molecule has 0 radical (unpaired) electrons. The van der Waals surface area contributed by atoms with E-state index in [2.05, 4.69) is 26.5 Å². The van der Waals surface area contributed by atoms with Crippen molar-refractivity contribution in [1.29, 1.82) is 0 Å². The molecule has 0 saturated carbocycles. The van der Waals surface area contributed by atoms with Gasteiger partial charge in [-0.3, -0.25) is 14.9 Å². The van der Waals surface area contributed by atoms with Gasteiger partial charge in [0.25, 0.3) is 11.6 Å². The second-order valence-electron chi connectivity index (χ2n) is 6.10. The van der Waals surface area contributed by atoms with Crippen molar-refractivity contribution in [2.45, 2.75) is 6.61 Å². The zero-order valence-corrected chi connectivity index (χ0v) is 17.8. The minimum Gasteiger partial charge on any atom is -0.489 e. The summed E-state index contributed by atoms with van der Waals surface area (Å²) in [6.45, 7) is 0.451. The molecule has 1 N–H and O–H groups in total. The van der Waals surface area contributed by atoms with Crippen LogP contribution in [-0.2, 0) is 6.61 Å². The van der Waals surface area contributed by atoms with Crippen molar-refractivity contribution >= 4 is 45.3 Å². The van der Waals surface area contributed by atoms with E-state index in [1.807, 2.05) is 24.3 Å². The fourth-order valence-corrected chi connectivity index (χ4v) is 2.95. The fourth-order valence-electron chi connectivity index (χ4n) is 2.42. The summed E-state index contributed by atoms with van der Waals surface area (Å²) < 4.78 is 6.75. The maximum absolute atomic E-state index is 12.1. The van der Waals surface area contributed by atoms with E-state index >= 15 is 0 Å². The molecule has 0 aromatic heterocycles. The van der Waals surface area contributed by atoms with Gasteiger partial charge in [-0.15, -0.1) is 0 Å². The fraction of sp³-hybridized carbons (Fsp3) is 0.0476. The molecular weight excluding hydrogens is 474 g/mol. The number of carbonyl (C=O) groups excluding carboxylic acids is 1. The third-order valence-electron chi connectivity index (χ3n) is 3.99. The average molecular weight is 489 g/mol. The lowest BCUT2D eigenvalue weighted by molar-refractivity contribution is -0.384. The third kappa shape index (κ3) is 5.88. The third-order valence-corrected chi connectivity index (χ3v) is 4.83. The molecule has 0 atom stereocenters. The average Bonchev–Trinajstić information content (AvgIpc) is 2.74. The van der Waals surface area contributed by atoms with Crippen LogP contribution >= 0.6 is 27.5 Å². The number of rotatable bonds is 7. The summed E-state index contributed by atoms with van der Waals surface area (Å²) in [4.78, 5) is 22.3. The summed E-state index contributed by atoms with van der Waals surface area (Å²) in [5, 5.41) is 14.6. The molecule has 0 aliphatic carbocycles. The number of carbonyl (C=O) groups is 1. The molecule has 30 heavy (non-hydrogen) atoms. The number of nitro benzene ring substituents is 1. The molecule has 1 amide bonds. The van der Waals surface area contributed by atoms with Gasteiger partial charge in [-0.25, -0.2) is 5.43 Å². The lowest BCUT2D eigenvalue weighted by Crippen LogP contribution is -2.18. The van der Waals surface area contributed by atoms with Gasteiger partial charge in [0.15, 0.2) is 0 Å². The highest BCUT2D eigenvalue weighted by Gasteiger charge is 2.14. The Labute approximate surface area is 185 Å². The number of hydrogen-bond donors (Lipinski definition) is 1. The highest BCUT2D eigenvalue weighted by atomic mass is 79.9. The number of nitro groups is 1. The van der Waals surface area contributed by atoms with Crippen molar-refractivity contribution in [3.05, 3.63) is 103 Å². The van der Waals surface area contributed by atoms with Crippen LogP contribution in [0.3, 0.4) is 0 Å². The van der Waals surface area contributed by atoms with Crippen molar-refractivity contribution < 1.29 is 14.5 Å². The number of nitrogens with zero attached hydrogens (tertiary/aromatic N) is 2. The zero-order chi connectivity index (χ0) is 21.5. The molecule has 0 heterocycles. The van der Waals surface area contributed by atoms with E-state index in [-0.39, 0.29) is 16.3 Å². The number of hydrazone groups is 1. The minimum atomic E-state index is -0.585. The molecule has 0 saturated heterocycles. The van der Waals surface area contributed by atoms with Crippen molar-refractivity contribution in [3.63, 3.8) is 0 Å². The van der Waals surface area contributed by atoms with Crippen LogP contribution in [0.4, 0.5) is 5.69 Å². The zero-order valence-electron chi connectivity index (χ0n) is 15.4. The van der Waals surface area contributed by atoms with Crippen LogP contribution in [0.2, 0.25) is 5.02 Å². The Morgan fingerprint density at radius 2 is 1.83 bits per heavy atom. The number of hydrogen-bond acceptors (Lipinski definition) is 5. The molecule has 0 spiro atoms. The SMILES string of the molecule is O=C(NN=Cc1ccc(OCc2ccc(Br)cc2)cc1)c1ccc([N+](=O)[O-])cc1Cl. The second-order valence-corrected chi connectivity index (χ2v) is 7.43. The highest BCUT2D eigenvalue weighted by molar-refractivity contribution is 9.10. The van der Waals surface area contributed by atoms with Crippen LogP contribution in [-0.4, -0.2) is 17.0 Å². The summed E-state index contributed by atoms with van der Waals surface area (Å²) in [7, 11) is 0. The van der Waals surface area contributed by atoms with E-state index in [0.29, 0.717) is 12.4 Å². The van der Waals surface area contributed by atoms with E-state index < -0.39 is 10.8 Å². The van der Waals surface area contributed by atoms with Gasteiger partial charge in [0.05, 0.1) is 21.7 Å². The normalized spacial score (nSPS) is 10.7. The molecule has 3 aromatic carbocycles. The number of amides is 1. The van der Waals surface area contributed by atoms with Gasteiger partial charge < -0.3 is 4.74 Å². The first kappa shape index (κ1) is 21.5. The molecule has 0 unspecified atom stereocenters. The van der Waals surface area contributed by atoms with Crippen molar-refractivity contribution in [3.8, 4) is 5.75 Å². The van der Waals surface area contributed by atoms with Gasteiger partial charge in [-0.1, -0.05) is 39.7 Å². The van der Waals surface area contributed by atoms with Crippen LogP contribution in [0, 0.1) is 10.1 Å². The predicted molar refractivity (Wildman–Crippen MR) is 118 cm³/mol. The van der Waals surface area contributed by atoms with Gasteiger partial charge in [0, 0.05) is 16.6 Å². The van der Waals surface area contributed by atoms with Crippen molar-refractivity contribution in [2.75, 3.05) is 0 Å².